The number of pyridine rings is 1. The number of amides is 1. The molecule has 1 aliphatic rings. The van der Waals surface area contributed by atoms with Crippen LogP contribution in [-0.4, -0.2) is 36.3 Å². The van der Waals surface area contributed by atoms with E-state index in [1.54, 1.807) is 18.2 Å². The molecule has 1 aliphatic carbocycles. The van der Waals surface area contributed by atoms with Crippen LogP contribution in [0.5, 0.6) is 11.5 Å². The minimum absolute atomic E-state index is 0.127. The number of nitrogens with one attached hydrogen (secondary N) is 2. The average molecular weight is 557 g/mol. The van der Waals surface area contributed by atoms with Crippen LogP contribution < -0.4 is 20.3 Å². The van der Waals surface area contributed by atoms with Gasteiger partial charge in [-0.05, 0) is 48.2 Å². The number of hydrogen-bond acceptors (Lipinski definition) is 8. The van der Waals surface area contributed by atoms with E-state index >= 15 is 4.39 Å². The maximum absolute atomic E-state index is 15.3. The minimum Gasteiger partial charge on any atom is -0.495 e. The maximum atomic E-state index is 15.3. The Morgan fingerprint density at radius 3 is 2.69 bits per heavy atom. The molecular formula is C26H25FN4O7S. The summed E-state index contributed by atoms with van der Waals surface area (Å²) < 4.78 is 53.8. The molecule has 2 aromatic heterocycles. The molecule has 0 saturated heterocycles. The van der Waals surface area contributed by atoms with Crippen molar-refractivity contribution in [1.29, 1.82) is 0 Å². The van der Waals surface area contributed by atoms with Gasteiger partial charge in [-0.25, -0.2) is 9.18 Å². The Bertz CT molecular complexity index is 1780. The van der Waals surface area contributed by atoms with Crippen molar-refractivity contribution in [3.05, 3.63) is 69.0 Å². The lowest BCUT2D eigenvalue weighted by molar-refractivity contribution is 0.215. The third-order valence-corrected chi connectivity index (χ3v) is 7.16. The summed E-state index contributed by atoms with van der Waals surface area (Å²) in [5, 5.41) is 4.88. The highest BCUT2D eigenvalue weighted by Gasteiger charge is 2.20. The van der Waals surface area contributed by atoms with Crippen molar-refractivity contribution < 1.29 is 31.6 Å². The first-order valence-corrected chi connectivity index (χ1v) is 13.4. The highest BCUT2D eigenvalue weighted by molar-refractivity contribution is 7.63. The van der Waals surface area contributed by atoms with Crippen molar-refractivity contribution in [2.45, 2.75) is 38.5 Å². The van der Waals surface area contributed by atoms with E-state index < -0.39 is 27.0 Å². The predicted molar refractivity (Wildman–Crippen MR) is 139 cm³/mol. The average Bonchev–Trinajstić information content (AvgIpc) is 3.39. The zero-order valence-corrected chi connectivity index (χ0v) is 21.7. The number of H-pyrrole nitrogens is 1. The van der Waals surface area contributed by atoms with Gasteiger partial charge in [0.1, 0.15) is 17.3 Å². The Hall–Kier alpha value is -4.39. The van der Waals surface area contributed by atoms with E-state index in [-0.39, 0.29) is 22.9 Å². The SMILES string of the molecule is COc1cc(CC2CCCCC2)c(F)cc1-n1c(=O)ccc2cc(OC(=O)Nc3nc(=S(=O)=O)o[nH]3)ccc21. The maximum Gasteiger partial charge on any atom is 0.419 e. The van der Waals surface area contributed by atoms with Gasteiger partial charge >= 0.3 is 10.9 Å². The second-order valence-electron chi connectivity index (χ2n) is 9.23. The van der Waals surface area contributed by atoms with Gasteiger partial charge in [0, 0.05) is 17.5 Å². The molecule has 0 radical (unpaired) electrons. The summed E-state index contributed by atoms with van der Waals surface area (Å²) in [4.78, 5) is 28.1. The molecule has 0 aliphatic heterocycles. The number of ether oxygens (including phenoxy) is 2. The molecular weight excluding hydrogens is 531 g/mol. The second kappa shape index (κ2) is 11.2. The van der Waals surface area contributed by atoms with Crippen LogP contribution in [0.3, 0.4) is 0 Å². The Morgan fingerprint density at radius 1 is 1.18 bits per heavy atom. The van der Waals surface area contributed by atoms with Crippen molar-refractivity contribution in [3.63, 3.8) is 0 Å². The van der Waals surface area contributed by atoms with Crippen LogP contribution >= 0.6 is 0 Å². The first-order valence-electron chi connectivity index (χ1n) is 12.3. The van der Waals surface area contributed by atoms with Crippen LogP contribution in [0, 0.1) is 16.6 Å². The van der Waals surface area contributed by atoms with Crippen molar-refractivity contribution in [2.24, 2.45) is 5.92 Å². The Morgan fingerprint density at radius 2 is 1.97 bits per heavy atom. The van der Waals surface area contributed by atoms with E-state index in [1.807, 2.05) is 0 Å². The molecule has 2 N–H and O–H groups in total. The summed E-state index contributed by atoms with van der Waals surface area (Å²) in [7, 11) is -1.24. The zero-order valence-electron chi connectivity index (χ0n) is 20.9. The fourth-order valence-corrected chi connectivity index (χ4v) is 5.18. The molecule has 4 aromatic rings. The molecule has 0 atom stereocenters. The van der Waals surface area contributed by atoms with E-state index in [0.29, 0.717) is 34.6 Å². The molecule has 11 nitrogen and oxygen atoms in total. The molecule has 5 rings (SSSR count). The molecule has 0 spiro atoms. The number of carbonyl (C=O) groups is 1. The number of aromatic nitrogens is 3. The molecule has 1 amide bonds. The van der Waals surface area contributed by atoms with Crippen LogP contribution in [0.1, 0.15) is 37.7 Å². The number of carbonyl (C=O) groups excluding carboxylic acids is 1. The lowest BCUT2D eigenvalue weighted by Gasteiger charge is -2.22. The summed E-state index contributed by atoms with van der Waals surface area (Å²) in [6.07, 6.45) is 5.34. The molecule has 0 unspecified atom stereocenters. The van der Waals surface area contributed by atoms with E-state index in [4.69, 9.17) is 9.47 Å². The number of methoxy groups -OCH3 is 1. The molecule has 1 saturated carbocycles. The smallest absolute Gasteiger partial charge is 0.419 e. The van der Waals surface area contributed by atoms with Crippen molar-refractivity contribution in [3.8, 4) is 17.2 Å². The van der Waals surface area contributed by atoms with Gasteiger partial charge in [-0.2, -0.15) is 18.6 Å². The molecule has 13 heteroatoms. The van der Waals surface area contributed by atoms with E-state index in [2.05, 4.69) is 20.0 Å². The fraction of sp³-hybridized carbons (Fsp3) is 0.308. The topological polar surface area (TPSA) is 146 Å². The first kappa shape index (κ1) is 26.2. The standard InChI is InChI=1S/C26H25FN4O7S/c1-36-22-13-17(11-15-5-3-2-4-6-15)19(27)14-21(22)31-20-9-8-18(12-16(20)7-10-23(31)32)37-25(33)28-24-29-26(38-30-24)39(34)35/h7-10,12-15H,2-6,11H2,1H3,(H2,28,29,30,33). The lowest BCUT2D eigenvalue weighted by atomic mass is 9.84. The lowest BCUT2D eigenvalue weighted by Crippen LogP contribution is -2.19. The number of rotatable bonds is 6. The van der Waals surface area contributed by atoms with Gasteiger partial charge in [-0.1, -0.05) is 32.1 Å². The number of nitrogens with zero attached hydrogens (tertiary/aromatic N) is 2. The number of anilines is 1. The molecule has 0 bridgehead atoms. The second-order valence-corrected chi connectivity index (χ2v) is 10.0. The van der Waals surface area contributed by atoms with Crippen molar-refractivity contribution >= 4 is 33.2 Å². The highest BCUT2D eigenvalue weighted by atomic mass is 32.2. The summed E-state index contributed by atoms with van der Waals surface area (Å²) in [5.41, 5.74) is 0.883. The van der Waals surface area contributed by atoms with Gasteiger partial charge in [0.05, 0.1) is 18.3 Å². The van der Waals surface area contributed by atoms with Crippen molar-refractivity contribution in [2.75, 3.05) is 12.4 Å². The van der Waals surface area contributed by atoms with Gasteiger partial charge in [0.2, 0.25) is 5.95 Å². The van der Waals surface area contributed by atoms with Gasteiger partial charge in [0.15, 0.2) is 0 Å². The number of fused-ring (bicyclic) bond motifs is 1. The molecule has 39 heavy (non-hydrogen) atoms. The van der Waals surface area contributed by atoms with E-state index in [0.717, 1.165) is 25.7 Å². The van der Waals surface area contributed by atoms with E-state index in [1.165, 1.54) is 42.4 Å². The zero-order chi connectivity index (χ0) is 27.5. The quantitative estimate of drug-likeness (QED) is 0.328. The van der Waals surface area contributed by atoms with Crippen LogP contribution in [0.2, 0.25) is 0 Å². The fourth-order valence-electron chi connectivity index (χ4n) is 4.90. The third-order valence-electron chi connectivity index (χ3n) is 6.70. The Balaban J connectivity index is 1.44. The normalized spacial score (nSPS) is 13.8. The summed E-state index contributed by atoms with van der Waals surface area (Å²) >= 11 is 0. The monoisotopic (exact) mass is 556 g/mol. The number of hydrogen-bond donors (Lipinski definition) is 2. The van der Waals surface area contributed by atoms with Crippen LogP contribution in [0.25, 0.3) is 16.6 Å². The number of halogens is 1. The minimum atomic E-state index is -2.72. The van der Waals surface area contributed by atoms with Gasteiger partial charge in [-0.3, -0.25) is 14.7 Å². The molecule has 1 fully saturated rings. The first-order chi connectivity index (χ1) is 18.8. The summed E-state index contributed by atoms with van der Waals surface area (Å²) in [6.45, 7) is 0. The number of benzene rings is 2. The van der Waals surface area contributed by atoms with E-state index in [9.17, 15) is 18.0 Å². The molecule has 2 aromatic carbocycles. The highest BCUT2D eigenvalue weighted by Crippen LogP contribution is 2.33. The Kier molecular flexibility index (Phi) is 7.50. The van der Waals surface area contributed by atoms with Crippen LogP contribution in [0.15, 0.2) is 51.8 Å². The van der Waals surface area contributed by atoms with Gasteiger partial charge in [0.25, 0.3) is 15.9 Å². The van der Waals surface area contributed by atoms with Crippen LogP contribution in [0.4, 0.5) is 15.1 Å². The summed E-state index contributed by atoms with van der Waals surface area (Å²) in [5.74, 6) is 0.265. The predicted octanol–water partition coefficient (Wildman–Crippen LogP) is 4.60. The number of aromatic amines is 1. The van der Waals surface area contributed by atoms with Crippen LogP contribution in [-0.2, 0) is 16.7 Å². The van der Waals surface area contributed by atoms with Gasteiger partial charge < -0.3 is 14.0 Å². The third kappa shape index (κ3) is 5.72. The van der Waals surface area contributed by atoms with Crippen molar-refractivity contribution in [1.82, 2.24) is 14.7 Å². The molecule has 204 valence electrons. The Labute approximate surface area is 222 Å². The summed E-state index contributed by atoms with van der Waals surface area (Å²) in [6, 6.07) is 10.4. The largest absolute Gasteiger partial charge is 0.495 e. The molecule has 2 heterocycles. The van der Waals surface area contributed by atoms with Gasteiger partial charge in [-0.15, -0.1) is 0 Å².